The number of rotatable bonds is 9. The van der Waals surface area contributed by atoms with Crippen LogP contribution in [0.15, 0.2) is 15.0 Å². The van der Waals surface area contributed by atoms with E-state index in [4.69, 9.17) is 9.05 Å². The number of nitrogens with one attached hydrogen (secondary N) is 3. The van der Waals surface area contributed by atoms with Gasteiger partial charge >= 0.3 is 61.7 Å². The van der Waals surface area contributed by atoms with Gasteiger partial charge in [0.05, 0.1) is 13.2 Å². The molecule has 0 aromatic heterocycles. The second-order valence-electron chi connectivity index (χ2n) is 9.16. The maximum Gasteiger partial charge on any atom is 0.468 e. The number of amides is 1. The Bertz CT molecular complexity index is 1250. The molecule has 1 rings (SSSR count). The molecule has 1 heterocycles. The van der Waals surface area contributed by atoms with Gasteiger partial charge in [-0.25, -0.2) is 4.99 Å². The Morgan fingerprint density at radius 1 is 0.830 bits per heavy atom. The Labute approximate surface area is 253 Å². The van der Waals surface area contributed by atoms with E-state index in [1.807, 2.05) is 4.99 Å². The van der Waals surface area contributed by atoms with Crippen LogP contribution in [0.2, 0.25) is 0 Å². The minimum atomic E-state index is -6.90. The lowest BCUT2D eigenvalue weighted by Gasteiger charge is -2.39. The van der Waals surface area contributed by atoms with Crippen molar-refractivity contribution in [1.82, 2.24) is 16.0 Å². The average Bonchev–Trinajstić information content (AvgIpc) is 2.84. The molecule has 0 spiro atoms. The first-order valence-electron chi connectivity index (χ1n) is 12.4. The minimum absolute atomic E-state index is 0.109. The molecule has 1 aliphatic rings. The van der Waals surface area contributed by atoms with Crippen LogP contribution in [-0.2, 0) is 23.1 Å². The molecule has 1 aliphatic heterocycles. The highest BCUT2D eigenvalue weighted by molar-refractivity contribution is 7.55. The summed E-state index contributed by atoms with van der Waals surface area (Å²) in [6, 6.07) is -2.71. The second-order valence-corrected chi connectivity index (χ2v) is 11.7. The quantitative estimate of drug-likeness (QED) is 0.114. The lowest BCUT2D eigenvalue weighted by molar-refractivity contribution is -0.303. The number of hydrogen-bond acceptors (Lipinski definition) is 8. The van der Waals surface area contributed by atoms with E-state index in [1.54, 1.807) is 5.32 Å². The molecule has 1 atom stereocenters. The first-order valence-corrected chi connectivity index (χ1v) is 13.9. The summed E-state index contributed by atoms with van der Waals surface area (Å²) in [6.07, 6.45) is -34.4. The Morgan fingerprint density at radius 2 is 1.28 bits per heavy atom. The zero-order valence-electron chi connectivity index (χ0n) is 24.1. The number of halogens is 15. The number of guanidine groups is 1. The van der Waals surface area contributed by atoms with Crippen molar-refractivity contribution in [1.29, 1.82) is 0 Å². The van der Waals surface area contributed by atoms with Crippen LogP contribution in [0.1, 0.15) is 41.0 Å². The van der Waals surface area contributed by atoms with Crippen LogP contribution in [0, 0.1) is 0 Å². The van der Waals surface area contributed by atoms with Gasteiger partial charge in [0.15, 0.2) is 0 Å². The normalized spacial score (nSPS) is 18.4. The van der Waals surface area contributed by atoms with Crippen LogP contribution >= 0.6 is 7.60 Å². The van der Waals surface area contributed by atoms with Crippen molar-refractivity contribution < 1.29 is 89.0 Å². The summed E-state index contributed by atoms with van der Waals surface area (Å²) >= 11 is 0. The number of alkyl halides is 15. The molecule has 274 valence electrons. The van der Waals surface area contributed by atoms with Crippen LogP contribution in [0.25, 0.3) is 0 Å². The fourth-order valence-corrected chi connectivity index (χ4v) is 5.34. The molecule has 27 heteroatoms. The van der Waals surface area contributed by atoms with Crippen molar-refractivity contribution in [3.8, 4) is 0 Å². The molecule has 47 heavy (non-hydrogen) atoms. The number of aliphatic imine (C=N–C) groups is 3. The van der Waals surface area contributed by atoms with Crippen LogP contribution in [-0.4, -0.2) is 84.5 Å². The molecule has 3 N–H and O–H groups in total. The van der Waals surface area contributed by atoms with E-state index >= 15 is 0 Å². The number of carbonyl (C=O) groups excluding carboxylic acids is 1. The summed E-state index contributed by atoms with van der Waals surface area (Å²) in [5, 5.41) is 0.243. The minimum Gasteiger partial charge on any atom is -0.402 e. The maximum absolute atomic E-state index is 14.1. The SMILES string of the molecule is CCOP(=O)(OCC)C(C)(CC)NC(=NC(NC(C)=O)(C(F)(F)F)C(F)(F)F)NC1=NC(C(F)(F)F)(C(F)(F)F)N=C(C(F)(F)F)O1. The Kier molecular flexibility index (Phi) is 12.0. The van der Waals surface area contributed by atoms with E-state index in [2.05, 4.69) is 9.73 Å². The van der Waals surface area contributed by atoms with Gasteiger partial charge in [-0.1, -0.05) is 6.92 Å². The van der Waals surface area contributed by atoms with Crippen LogP contribution in [0.3, 0.4) is 0 Å². The van der Waals surface area contributed by atoms with E-state index < -0.39 is 98.5 Å². The van der Waals surface area contributed by atoms with Gasteiger partial charge in [-0.3, -0.25) is 14.7 Å². The predicted octanol–water partition coefficient (Wildman–Crippen LogP) is 6.04. The molecule has 0 aliphatic carbocycles. The Balaban J connectivity index is 4.35. The van der Waals surface area contributed by atoms with Gasteiger partial charge in [0.25, 0.3) is 0 Å². The fourth-order valence-electron chi connectivity index (χ4n) is 3.38. The summed E-state index contributed by atoms with van der Waals surface area (Å²) in [5.41, 5.74) is -11.9. The van der Waals surface area contributed by atoms with Crippen molar-refractivity contribution in [2.75, 3.05) is 13.2 Å². The highest BCUT2D eigenvalue weighted by Gasteiger charge is 2.76. The van der Waals surface area contributed by atoms with Gasteiger partial charge in [-0.05, 0) is 27.2 Å². The smallest absolute Gasteiger partial charge is 0.402 e. The predicted molar refractivity (Wildman–Crippen MR) is 129 cm³/mol. The number of amidine groups is 1. The van der Waals surface area contributed by atoms with E-state index in [0.717, 1.165) is 12.2 Å². The number of carbonyl (C=O) groups is 1. The summed E-state index contributed by atoms with van der Waals surface area (Å²) in [4.78, 5) is 17.2. The molecule has 0 radical (unpaired) electrons. The van der Waals surface area contributed by atoms with Crippen LogP contribution < -0.4 is 16.0 Å². The zero-order chi connectivity index (χ0) is 37.3. The van der Waals surface area contributed by atoms with Crippen LogP contribution in [0.5, 0.6) is 0 Å². The lowest BCUT2D eigenvalue weighted by Crippen LogP contribution is -2.68. The molecule has 0 aromatic carbocycles. The third-order valence-corrected chi connectivity index (χ3v) is 8.55. The summed E-state index contributed by atoms with van der Waals surface area (Å²) in [7, 11) is -4.87. The van der Waals surface area contributed by atoms with E-state index in [1.165, 1.54) is 18.8 Å². The second kappa shape index (κ2) is 13.5. The van der Waals surface area contributed by atoms with Gasteiger partial charge in [-0.15, -0.1) is 0 Å². The lowest BCUT2D eigenvalue weighted by atomic mass is 10.1. The molecule has 0 saturated carbocycles. The number of hydrogen-bond donors (Lipinski definition) is 3. The number of nitrogens with zero attached hydrogens (tertiary/aromatic N) is 3. The van der Waals surface area contributed by atoms with Gasteiger partial charge in [0.1, 0.15) is 5.28 Å². The third kappa shape index (κ3) is 8.53. The largest absolute Gasteiger partial charge is 0.468 e. The highest BCUT2D eigenvalue weighted by atomic mass is 31.2. The van der Waals surface area contributed by atoms with Crippen molar-refractivity contribution in [3.63, 3.8) is 0 Å². The molecule has 0 fully saturated rings. The zero-order valence-corrected chi connectivity index (χ0v) is 25.0. The highest BCUT2D eigenvalue weighted by Crippen LogP contribution is 2.60. The molecule has 1 amide bonds. The first kappa shape index (κ1) is 42.0. The molecular weight excluding hydrogens is 720 g/mol. The summed E-state index contributed by atoms with van der Waals surface area (Å²) in [6.45, 7) is 3.07. The topological polar surface area (TPSA) is 135 Å². The molecule has 0 saturated heterocycles. The standard InChI is InChI=1S/C20H24F15N6O5P/c1-6-13(5,47(43,44-7-2)45-8-3)39-11(40-15(17(24,25)26,18(27,28)29)37-9(4)42)36-12-41-16(19(30,31)32,20(33,34)35)38-10(46-12)14(21,22)23/h6-8H2,1-5H3,(H,37,42)(H2,36,39,40,41). The molecule has 1 unspecified atom stereocenters. The monoisotopic (exact) mass is 744 g/mol. The third-order valence-electron chi connectivity index (χ3n) is 5.71. The Morgan fingerprint density at radius 3 is 1.60 bits per heavy atom. The van der Waals surface area contributed by atoms with Gasteiger partial charge in [0.2, 0.25) is 11.9 Å². The van der Waals surface area contributed by atoms with Crippen molar-refractivity contribution in [2.24, 2.45) is 15.0 Å². The fraction of sp³-hybridized carbons (Fsp3) is 0.800. The van der Waals surface area contributed by atoms with Crippen molar-refractivity contribution in [3.05, 3.63) is 0 Å². The van der Waals surface area contributed by atoms with E-state index in [-0.39, 0.29) is 6.92 Å². The maximum atomic E-state index is 14.1. The Hall–Kier alpha value is -3.02. The molecule has 0 bridgehead atoms. The van der Waals surface area contributed by atoms with Crippen molar-refractivity contribution in [2.45, 2.75) is 88.5 Å². The van der Waals surface area contributed by atoms with Crippen molar-refractivity contribution >= 4 is 31.4 Å². The van der Waals surface area contributed by atoms with E-state index in [0.29, 0.717) is 12.2 Å². The van der Waals surface area contributed by atoms with Gasteiger partial charge in [0, 0.05) is 6.92 Å². The average molecular weight is 744 g/mol. The first-order chi connectivity index (χ1) is 20.8. The molecular formula is C20H24F15N6O5P. The van der Waals surface area contributed by atoms with Gasteiger partial charge in [-0.2, -0.15) is 75.8 Å². The van der Waals surface area contributed by atoms with Gasteiger partial charge < -0.3 is 24.4 Å². The summed E-state index contributed by atoms with van der Waals surface area (Å²) < 4.78 is 234. The van der Waals surface area contributed by atoms with Crippen LogP contribution in [0.4, 0.5) is 65.9 Å². The summed E-state index contributed by atoms with van der Waals surface area (Å²) in [5.74, 6) is -7.84. The van der Waals surface area contributed by atoms with E-state index in [9.17, 15) is 75.2 Å². The number of ether oxygens (including phenoxy) is 1. The molecule has 0 aromatic rings. The molecule has 11 nitrogen and oxygen atoms in total.